The van der Waals surface area contributed by atoms with Crippen molar-refractivity contribution in [3.05, 3.63) is 41.6 Å². The fourth-order valence-corrected chi connectivity index (χ4v) is 4.09. The zero-order valence-electron chi connectivity index (χ0n) is 17.2. The summed E-state index contributed by atoms with van der Waals surface area (Å²) in [4.78, 5) is 5.93. The van der Waals surface area contributed by atoms with Gasteiger partial charge in [-0.2, -0.15) is 33.3 Å². The summed E-state index contributed by atoms with van der Waals surface area (Å²) in [7, 11) is 0. The van der Waals surface area contributed by atoms with Gasteiger partial charge in [-0.25, -0.2) is 4.99 Å². The van der Waals surface area contributed by atoms with Crippen LogP contribution in [-0.4, -0.2) is 43.3 Å². The molecule has 2 fully saturated rings. The normalized spacial score (nSPS) is 29.1. The molecule has 3 atom stereocenters. The molecule has 0 spiro atoms. The summed E-state index contributed by atoms with van der Waals surface area (Å²) >= 11 is 0. The predicted octanol–water partition coefficient (Wildman–Crippen LogP) is 1.72. The Morgan fingerprint density at radius 3 is 2.52 bits per heavy atom. The fourth-order valence-electron chi connectivity index (χ4n) is 4.09. The van der Waals surface area contributed by atoms with Crippen molar-refractivity contribution in [1.82, 2.24) is 35.4 Å². The molecule has 31 heavy (non-hydrogen) atoms. The minimum atomic E-state index is -4.56. The monoisotopic (exact) mass is 435 g/mol. The third kappa shape index (κ3) is 3.20. The number of hydrogen-bond acceptors (Lipinski definition) is 7. The van der Waals surface area contributed by atoms with E-state index in [1.165, 1.54) is 0 Å². The fraction of sp³-hybridized carbons (Fsp3) is 0.579. The zero-order chi connectivity index (χ0) is 22.0. The van der Waals surface area contributed by atoms with E-state index in [9.17, 15) is 13.2 Å². The molecule has 2 aromatic heterocycles. The molecule has 1 aliphatic heterocycles. The molecule has 3 aliphatic rings. The maximum atomic E-state index is 13.5. The van der Waals surface area contributed by atoms with Gasteiger partial charge in [-0.15, -0.1) is 0 Å². The van der Waals surface area contributed by atoms with Crippen LogP contribution in [0.25, 0.3) is 0 Å². The highest BCUT2D eigenvalue weighted by Gasteiger charge is 2.53. The van der Waals surface area contributed by atoms with E-state index in [0.29, 0.717) is 11.6 Å². The predicted molar refractivity (Wildman–Crippen MR) is 106 cm³/mol. The molecule has 5 rings (SSSR count). The van der Waals surface area contributed by atoms with Crippen molar-refractivity contribution < 1.29 is 13.2 Å². The lowest BCUT2D eigenvalue weighted by Gasteiger charge is -2.32. The van der Waals surface area contributed by atoms with Gasteiger partial charge < -0.3 is 10.6 Å². The number of rotatable bonds is 5. The van der Waals surface area contributed by atoms with Gasteiger partial charge in [0.15, 0.2) is 0 Å². The second kappa shape index (κ2) is 6.55. The van der Waals surface area contributed by atoms with Crippen molar-refractivity contribution in [2.45, 2.75) is 56.7 Å². The van der Waals surface area contributed by atoms with Crippen molar-refractivity contribution in [3.63, 3.8) is 0 Å². The molecule has 9 nitrogen and oxygen atoms in total. The van der Waals surface area contributed by atoms with Crippen LogP contribution < -0.4 is 16.4 Å². The summed E-state index contributed by atoms with van der Waals surface area (Å²) in [6, 6.07) is 1.95. The SMILES string of the molecule is CCNC1=NC(N)(c2cc(C3(n4nccn4)CC3)nn2C2CC2C)NC=C1C(F)(F)F. The van der Waals surface area contributed by atoms with E-state index in [-0.39, 0.29) is 18.4 Å². The number of aromatic nitrogens is 5. The van der Waals surface area contributed by atoms with Crippen LogP contribution >= 0.6 is 0 Å². The molecule has 2 aliphatic carbocycles. The number of nitrogens with zero attached hydrogens (tertiary/aromatic N) is 6. The minimum absolute atomic E-state index is 0.123. The van der Waals surface area contributed by atoms with E-state index in [2.05, 4.69) is 32.7 Å². The van der Waals surface area contributed by atoms with E-state index in [0.717, 1.165) is 31.2 Å². The molecule has 0 saturated heterocycles. The number of nitrogens with two attached hydrogens (primary N) is 1. The molecule has 2 aromatic rings. The Kier molecular flexibility index (Phi) is 4.24. The molecule has 3 heterocycles. The Bertz CT molecular complexity index is 1050. The van der Waals surface area contributed by atoms with Crippen LogP contribution in [-0.2, 0) is 11.3 Å². The average molecular weight is 435 g/mol. The summed E-state index contributed by atoms with van der Waals surface area (Å²) < 4.78 is 42.2. The first kappa shape index (κ1) is 20.0. The number of amidine groups is 1. The number of alkyl halides is 3. The second-order valence-corrected chi connectivity index (χ2v) is 8.45. The van der Waals surface area contributed by atoms with Crippen LogP contribution in [0.4, 0.5) is 13.2 Å². The topological polar surface area (TPSA) is 111 Å². The van der Waals surface area contributed by atoms with Crippen LogP contribution in [0.1, 0.15) is 50.5 Å². The van der Waals surface area contributed by atoms with Crippen LogP contribution in [0, 0.1) is 5.92 Å². The van der Waals surface area contributed by atoms with Gasteiger partial charge in [-0.1, -0.05) is 6.92 Å². The Hall–Kier alpha value is -2.89. The molecule has 0 bridgehead atoms. The zero-order valence-corrected chi connectivity index (χ0v) is 17.2. The first-order chi connectivity index (χ1) is 14.7. The largest absolute Gasteiger partial charge is 0.421 e. The van der Waals surface area contributed by atoms with Gasteiger partial charge in [-0.3, -0.25) is 10.4 Å². The van der Waals surface area contributed by atoms with E-state index < -0.39 is 23.1 Å². The quantitative estimate of drug-likeness (QED) is 0.660. The molecular weight excluding hydrogens is 411 g/mol. The summed E-state index contributed by atoms with van der Waals surface area (Å²) in [6.07, 6.45) is 2.14. The highest BCUT2D eigenvalue weighted by atomic mass is 19.4. The lowest BCUT2D eigenvalue weighted by Crippen LogP contribution is -2.53. The van der Waals surface area contributed by atoms with Crippen molar-refractivity contribution in [2.75, 3.05) is 6.54 Å². The average Bonchev–Trinajstić information content (AvgIpc) is 3.51. The van der Waals surface area contributed by atoms with E-state index in [1.54, 1.807) is 24.1 Å². The molecule has 4 N–H and O–H groups in total. The van der Waals surface area contributed by atoms with Gasteiger partial charge in [0.2, 0.25) is 5.79 Å². The van der Waals surface area contributed by atoms with Crippen LogP contribution in [0.5, 0.6) is 0 Å². The smallest absolute Gasteiger partial charge is 0.370 e. The first-order valence-corrected chi connectivity index (χ1v) is 10.3. The van der Waals surface area contributed by atoms with Gasteiger partial charge in [-0.05, 0) is 38.2 Å². The lowest BCUT2D eigenvalue weighted by atomic mass is 10.1. The summed E-state index contributed by atoms with van der Waals surface area (Å²) in [6.45, 7) is 4.09. The van der Waals surface area contributed by atoms with Gasteiger partial charge in [0.25, 0.3) is 0 Å². The van der Waals surface area contributed by atoms with Crippen molar-refractivity contribution >= 4 is 5.84 Å². The Balaban J connectivity index is 1.58. The molecule has 0 radical (unpaired) electrons. The Morgan fingerprint density at radius 2 is 1.97 bits per heavy atom. The van der Waals surface area contributed by atoms with Crippen LogP contribution in [0.15, 0.2) is 35.2 Å². The molecule has 2 saturated carbocycles. The number of hydrogen-bond donors (Lipinski definition) is 3. The van der Waals surface area contributed by atoms with Crippen molar-refractivity contribution in [2.24, 2.45) is 16.6 Å². The van der Waals surface area contributed by atoms with Crippen molar-refractivity contribution in [1.29, 1.82) is 0 Å². The first-order valence-electron chi connectivity index (χ1n) is 10.3. The van der Waals surface area contributed by atoms with Crippen LogP contribution in [0.2, 0.25) is 0 Å². The summed E-state index contributed by atoms with van der Waals surface area (Å²) in [5.74, 6) is -1.48. The maximum Gasteiger partial charge on any atom is 0.421 e. The van der Waals surface area contributed by atoms with E-state index in [4.69, 9.17) is 10.8 Å². The van der Waals surface area contributed by atoms with Crippen LogP contribution in [0.3, 0.4) is 0 Å². The Morgan fingerprint density at radius 1 is 1.29 bits per heavy atom. The third-order valence-electron chi connectivity index (χ3n) is 6.14. The molecule has 12 heteroatoms. The molecule has 0 aromatic carbocycles. The van der Waals surface area contributed by atoms with E-state index in [1.807, 2.05) is 10.7 Å². The van der Waals surface area contributed by atoms with E-state index >= 15 is 0 Å². The molecular formula is C19H24F3N9. The number of aliphatic imine (C=N–C) groups is 1. The maximum absolute atomic E-state index is 13.5. The minimum Gasteiger partial charge on any atom is -0.370 e. The van der Waals surface area contributed by atoms with Crippen molar-refractivity contribution in [3.8, 4) is 0 Å². The third-order valence-corrected chi connectivity index (χ3v) is 6.14. The van der Waals surface area contributed by atoms with Gasteiger partial charge in [0.05, 0.1) is 24.1 Å². The molecule has 3 unspecified atom stereocenters. The second-order valence-electron chi connectivity index (χ2n) is 8.45. The number of halogens is 3. The Labute approximate surface area is 176 Å². The highest BCUT2D eigenvalue weighted by molar-refractivity contribution is 6.00. The van der Waals surface area contributed by atoms with Gasteiger partial charge in [0, 0.05) is 12.7 Å². The highest BCUT2D eigenvalue weighted by Crippen LogP contribution is 2.50. The number of nitrogens with one attached hydrogen (secondary N) is 2. The van der Waals surface area contributed by atoms with Gasteiger partial charge in [0.1, 0.15) is 22.6 Å². The lowest BCUT2D eigenvalue weighted by molar-refractivity contribution is -0.0872. The standard InChI is InChI=1S/C19H24F3N9/c1-3-24-16-12(18(20,21)22)10-25-19(23,28-16)15-9-14(29-30(15)13-8-11(13)2)17(4-5-17)31-26-6-7-27-31/h6-7,9-11,13,25H,3-5,8,23H2,1-2H3,(H,24,28). The molecule has 166 valence electrons. The summed E-state index contributed by atoms with van der Waals surface area (Å²) in [5.41, 5.74) is 6.49. The number of likely N-dealkylation sites (N-methyl/N-ethyl adjacent to an activating group) is 1. The molecule has 0 amide bonds. The summed E-state index contributed by atoms with van der Waals surface area (Å²) in [5, 5.41) is 18.8. The van der Waals surface area contributed by atoms with Gasteiger partial charge >= 0.3 is 6.18 Å².